The Balaban J connectivity index is 1.78. The molecule has 1 aromatic heterocycles. The number of carbonyl (C=O) groups is 1. The van der Waals surface area contributed by atoms with Gasteiger partial charge in [0, 0.05) is 11.7 Å². The molecule has 6 nitrogen and oxygen atoms in total. The van der Waals surface area contributed by atoms with Crippen LogP contribution >= 0.6 is 11.8 Å². The zero-order valence-electron chi connectivity index (χ0n) is 15.6. The molecule has 0 aliphatic heterocycles. The topological polar surface area (TPSA) is 60.2 Å². The summed E-state index contributed by atoms with van der Waals surface area (Å²) in [5.74, 6) is 1.01. The molecule has 0 saturated heterocycles. The van der Waals surface area contributed by atoms with Crippen molar-refractivity contribution < 1.29 is 9.53 Å². The summed E-state index contributed by atoms with van der Waals surface area (Å²) in [4.78, 5) is 14.7. The second kappa shape index (κ2) is 8.73. The third kappa shape index (κ3) is 4.31. The Labute approximate surface area is 163 Å². The number of ether oxygens (including phenoxy) is 1. The number of hydrogen-bond acceptors (Lipinski definition) is 5. The quantitative estimate of drug-likeness (QED) is 0.582. The van der Waals surface area contributed by atoms with Crippen LogP contribution in [-0.4, -0.2) is 39.6 Å². The van der Waals surface area contributed by atoms with Crippen molar-refractivity contribution in [3.05, 3.63) is 60.9 Å². The molecule has 3 rings (SSSR count). The molecular weight excluding hydrogens is 360 g/mol. The summed E-state index contributed by atoms with van der Waals surface area (Å²) >= 11 is 1.36. The molecule has 0 aliphatic carbocycles. The summed E-state index contributed by atoms with van der Waals surface area (Å²) in [5.41, 5.74) is 1.73. The number of amides is 1. The van der Waals surface area contributed by atoms with Gasteiger partial charge < -0.3 is 9.64 Å². The number of benzene rings is 2. The normalized spacial score (nSPS) is 10.8. The molecule has 0 saturated carbocycles. The summed E-state index contributed by atoms with van der Waals surface area (Å²) in [6.45, 7) is 4.01. The molecule has 27 heavy (non-hydrogen) atoms. The number of methoxy groups -OCH3 is 1. The Bertz CT molecular complexity index is 896. The van der Waals surface area contributed by atoms with E-state index in [9.17, 15) is 4.79 Å². The van der Waals surface area contributed by atoms with Crippen molar-refractivity contribution in [3.63, 3.8) is 0 Å². The number of carbonyl (C=O) groups excluding carboxylic acids is 1. The molecule has 3 aromatic rings. The van der Waals surface area contributed by atoms with E-state index in [1.807, 2.05) is 73.0 Å². The molecule has 0 atom stereocenters. The standard InChI is InChI=1S/C20H22N4O2S/c1-15(2)24(16-9-5-4-6-10-16)19(25)13-27-20-22-21-14-23(20)17-11-7-8-12-18(17)26-3/h4-12,14-15H,13H2,1-3H3. The van der Waals surface area contributed by atoms with Crippen molar-refractivity contribution in [1.29, 1.82) is 0 Å². The van der Waals surface area contributed by atoms with Gasteiger partial charge in [0.25, 0.3) is 0 Å². The van der Waals surface area contributed by atoms with Crippen LogP contribution in [0.15, 0.2) is 66.1 Å². The molecule has 140 valence electrons. The molecule has 0 N–H and O–H groups in total. The van der Waals surface area contributed by atoms with E-state index >= 15 is 0 Å². The van der Waals surface area contributed by atoms with Crippen LogP contribution in [0.4, 0.5) is 5.69 Å². The van der Waals surface area contributed by atoms with Crippen LogP contribution in [0.5, 0.6) is 5.75 Å². The fraction of sp³-hybridized carbons (Fsp3) is 0.250. The smallest absolute Gasteiger partial charge is 0.237 e. The van der Waals surface area contributed by atoms with Crippen LogP contribution in [0.1, 0.15) is 13.8 Å². The lowest BCUT2D eigenvalue weighted by Crippen LogP contribution is -2.38. The van der Waals surface area contributed by atoms with Gasteiger partial charge in [0.2, 0.25) is 5.91 Å². The number of anilines is 1. The molecule has 0 unspecified atom stereocenters. The summed E-state index contributed by atoms with van der Waals surface area (Å²) < 4.78 is 7.25. The molecule has 2 aromatic carbocycles. The number of thioether (sulfide) groups is 1. The largest absolute Gasteiger partial charge is 0.495 e. The van der Waals surface area contributed by atoms with E-state index in [4.69, 9.17) is 4.74 Å². The van der Waals surface area contributed by atoms with E-state index in [0.717, 1.165) is 17.1 Å². The Hall–Kier alpha value is -2.80. The van der Waals surface area contributed by atoms with Gasteiger partial charge in [0.05, 0.1) is 18.6 Å². The Morgan fingerprint density at radius 2 is 1.85 bits per heavy atom. The SMILES string of the molecule is COc1ccccc1-n1cnnc1SCC(=O)N(c1ccccc1)C(C)C. The fourth-order valence-electron chi connectivity index (χ4n) is 2.83. The zero-order chi connectivity index (χ0) is 19.2. The first kappa shape index (κ1) is 19.0. The van der Waals surface area contributed by atoms with Gasteiger partial charge in [-0.2, -0.15) is 0 Å². The van der Waals surface area contributed by atoms with E-state index in [0.29, 0.717) is 5.16 Å². The number of para-hydroxylation sites is 3. The lowest BCUT2D eigenvalue weighted by Gasteiger charge is -2.26. The van der Waals surface area contributed by atoms with E-state index in [1.54, 1.807) is 18.3 Å². The summed E-state index contributed by atoms with van der Waals surface area (Å²) in [6, 6.07) is 17.4. The lowest BCUT2D eigenvalue weighted by molar-refractivity contribution is -0.116. The van der Waals surface area contributed by atoms with Crippen LogP contribution in [-0.2, 0) is 4.79 Å². The van der Waals surface area contributed by atoms with Crippen molar-refractivity contribution >= 4 is 23.4 Å². The van der Waals surface area contributed by atoms with Crippen molar-refractivity contribution in [3.8, 4) is 11.4 Å². The van der Waals surface area contributed by atoms with Gasteiger partial charge in [-0.1, -0.05) is 42.1 Å². The predicted octanol–water partition coefficient (Wildman–Crippen LogP) is 3.81. The molecular formula is C20H22N4O2S. The third-order valence-corrected chi connectivity index (χ3v) is 4.93. The van der Waals surface area contributed by atoms with Crippen LogP contribution in [0, 0.1) is 0 Å². The molecule has 0 fully saturated rings. The zero-order valence-corrected chi connectivity index (χ0v) is 16.4. The van der Waals surface area contributed by atoms with Gasteiger partial charge in [-0.05, 0) is 38.1 Å². The highest BCUT2D eigenvalue weighted by Crippen LogP contribution is 2.27. The maximum absolute atomic E-state index is 12.9. The first-order valence-electron chi connectivity index (χ1n) is 8.65. The second-order valence-electron chi connectivity index (χ2n) is 6.14. The van der Waals surface area contributed by atoms with Crippen LogP contribution in [0.3, 0.4) is 0 Å². The van der Waals surface area contributed by atoms with E-state index < -0.39 is 0 Å². The monoisotopic (exact) mass is 382 g/mol. The van der Waals surface area contributed by atoms with Gasteiger partial charge in [0.15, 0.2) is 5.16 Å². The molecule has 0 aliphatic rings. The Morgan fingerprint density at radius 3 is 2.56 bits per heavy atom. The fourth-order valence-corrected chi connectivity index (χ4v) is 3.61. The molecule has 0 bridgehead atoms. The first-order valence-corrected chi connectivity index (χ1v) is 9.63. The highest BCUT2D eigenvalue weighted by atomic mass is 32.2. The van der Waals surface area contributed by atoms with Crippen LogP contribution in [0.2, 0.25) is 0 Å². The molecule has 1 heterocycles. The lowest BCUT2D eigenvalue weighted by atomic mass is 10.2. The average molecular weight is 382 g/mol. The second-order valence-corrected chi connectivity index (χ2v) is 7.08. The van der Waals surface area contributed by atoms with Gasteiger partial charge in [-0.3, -0.25) is 9.36 Å². The molecule has 0 spiro atoms. The van der Waals surface area contributed by atoms with Gasteiger partial charge in [0.1, 0.15) is 12.1 Å². The summed E-state index contributed by atoms with van der Waals surface area (Å²) in [5, 5.41) is 8.81. The maximum Gasteiger partial charge on any atom is 0.237 e. The summed E-state index contributed by atoms with van der Waals surface area (Å²) in [7, 11) is 1.62. The Morgan fingerprint density at radius 1 is 1.15 bits per heavy atom. The van der Waals surface area contributed by atoms with Crippen molar-refractivity contribution in [1.82, 2.24) is 14.8 Å². The van der Waals surface area contributed by atoms with Crippen molar-refractivity contribution in [2.45, 2.75) is 25.0 Å². The maximum atomic E-state index is 12.9. The highest BCUT2D eigenvalue weighted by molar-refractivity contribution is 7.99. The number of rotatable bonds is 7. The van der Waals surface area contributed by atoms with Crippen molar-refractivity contribution in [2.75, 3.05) is 17.8 Å². The minimum absolute atomic E-state index is 0.0239. The minimum atomic E-state index is 0.0239. The molecule has 7 heteroatoms. The van der Waals surface area contributed by atoms with Gasteiger partial charge in [-0.15, -0.1) is 10.2 Å². The van der Waals surface area contributed by atoms with Crippen LogP contribution in [0.25, 0.3) is 5.69 Å². The first-order chi connectivity index (χ1) is 13.1. The number of aromatic nitrogens is 3. The third-order valence-electron chi connectivity index (χ3n) is 4.01. The highest BCUT2D eigenvalue weighted by Gasteiger charge is 2.20. The number of nitrogens with zero attached hydrogens (tertiary/aromatic N) is 4. The van der Waals surface area contributed by atoms with E-state index in [2.05, 4.69) is 10.2 Å². The predicted molar refractivity (Wildman–Crippen MR) is 108 cm³/mol. The molecule has 0 radical (unpaired) electrons. The molecule has 1 amide bonds. The minimum Gasteiger partial charge on any atom is -0.495 e. The van der Waals surface area contributed by atoms with E-state index in [1.165, 1.54) is 11.8 Å². The van der Waals surface area contributed by atoms with Crippen LogP contribution < -0.4 is 9.64 Å². The van der Waals surface area contributed by atoms with Gasteiger partial charge in [-0.25, -0.2) is 0 Å². The Kier molecular flexibility index (Phi) is 6.13. The number of hydrogen-bond donors (Lipinski definition) is 0. The average Bonchev–Trinajstić information content (AvgIpc) is 3.15. The van der Waals surface area contributed by atoms with E-state index in [-0.39, 0.29) is 17.7 Å². The summed E-state index contributed by atoms with van der Waals surface area (Å²) in [6.07, 6.45) is 1.63. The van der Waals surface area contributed by atoms with Gasteiger partial charge >= 0.3 is 0 Å². The van der Waals surface area contributed by atoms with Crippen molar-refractivity contribution in [2.24, 2.45) is 0 Å².